The Morgan fingerprint density at radius 2 is 2.24 bits per heavy atom. The van der Waals surface area contributed by atoms with E-state index < -0.39 is 0 Å². The first-order valence-corrected chi connectivity index (χ1v) is 5.91. The molecule has 0 saturated carbocycles. The van der Waals surface area contributed by atoms with Gasteiger partial charge in [-0.15, -0.1) is 0 Å². The highest BCUT2D eigenvalue weighted by Crippen LogP contribution is 2.33. The second kappa shape index (κ2) is 4.65. The summed E-state index contributed by atoms with van der Waals surface area (Å²) in [6.45, 7) is 4.94. The van der Waals surface area contributed by atoms with Gasteiger partial charge in [0.15, 0.2) is 0 Å². The summed E-state index contributed by atoms with van der Waals surface area (Å²) in [5.74, 6) is 1.27. The largest absolute Gasteiger partial charge is 0.491 e. The zero-order valence-electron chi connectivity index (χ0n) is 10.2. The fraction of sp³-hybridized carbons (Fsp3) is 0.462. The van der Waals surface area contributed by atoms with Crippen molar-refractivity contribution in [2.24, 2.45) is 5.92 Å². The molecule has 92 valence electrons. The lowest BCUT2D eigenvalue weighted by Crippen LogP contribution is -2.04. The second-order valence-electron chi connectivity index (χ2n) is 4.80. The van der Waals surface area contributed by atoms with E-state index in [1.807, 2.05) is 12.1 Å². The van der Waals surface area contributed by atoms with Crippen LogP contribution in [0.4, 0.5) is 11.4 Å². The Balaban J connectivity index is 2.08. The average molecular weight is 234 g/mol. The van der Waals surface area contributed by atoms with Gasteiger partial charge in [-0.1, -0.05) is 13.8 Å². The first-order chi connectivity index (χ1) is 8.06. The minimum absolute atomic E-state index is 0.0127. The lowest BCUT2D eigenvalue weighted by Gasteiger charge is -2.11. The predicted octanol–water partition coefficient (Wildman–Crippen LogP) is 2.19. The van der Waals surface area contributed by atoms with Crippen molar-refractivity contribution in [3.05, 3.63) is 17.7 Å². The monoisotopic (exact) mass is 234 g/mol. The van der Waals surface area contributed by atoms with Crippen molar-refractivity contribution in [1.82, 2.24) is 0 Å². The predicted molar refractivity (Wildman–Crippen MR) is 68.1 cm³/mol. The number of nitrogens with one attached hydrogen (secondary N) is 1. The number of nitrogens with two attached hydrogens (primary N) is 1. The molecule has 2 rings (SSSR count). The number of hydrogen-bond acceptors (Lipinski definition) is 3. The highest BCUT2D eigenvalue weighted by Gasteiger charge is 2.19. The van der Waals surface area contributed by atoms with Crippen LogP contribution >= 0.6 is 0 Å². The van der Waals surface area contributed by atoms with Crippen LogP contribution in [-0.4, -0.2) is 12.5 Å². The van der Waals surface area contributed by atoms with Crippen molar-refractivity contribution in [2.45, 2.75) is 26.7 Å². The van der Waals surface area contributed by atoms with Gasteiger partial charge >= 0.3 is 0 Å². The van der Waals surface area contributed by atoms with E-state index in [0.29, 0.717) is 30.4 Å². The Hall–Kier alpha value is -1.71. The van der Waals surface area contributed by atoms with Gasteiger partial charge in [0, 0.05) is 11.8 Å². The number of nitrogen functional groups attached to an aromatic ring is 1. The molecular formula is C13H18N2O2. The topological polar surface area (TPSA) is 64.3 Å². The van der Waals surface area contributed by atoms with Gasteiger partial charge in [-0.05, 0) is 24.0 Å². The lowest BCUT2D eigenvalue weighted by molar-refractivity contribution is -0.115. The minimum atomic E-state index is 0.0127. The summed E-state index contributed by atoms with van der Waals surface area (Å²) in [5, 5.41) is 2.79. The van der Waals surface area contributed by atoms with Gasteiger partial charge in [-0.25, -0.2) is 0 Å². The molecule has 0 spiro atoms. The van der Waals surface area contributed by atoms with Crippen molar-refractivity contribution < 1.29 is 9.53 Å². The second-order valence-corrected chi connectivity index (χ2v) is 4.80. The quantitative estimate of drug-likeness (QED) is 0.785. The summed E-state index contributed by atoms with van der Waals surface area (Å²) in [4.78, 5) is 11.2. The maximum Gasteiger partial charge on any atom is 0.228 e. The number of carbonyl (C=O) groups excluding carboxylic acids is 1. The van der Waals surface area contributed by atoms with E-state index in [1.165, 1.54) is 0 Å². The Kier molecular flexibility index (Phi) is 3.22. The standard InChI is InChI=1S/C13H18N2O2/c1-8(2)3-4-17-12-7-11-9(5-10(12)14)6-13(16)15-11/h5,7-8H,3-4,6,14H2,1-2H3,(H,15,16). The molecule has 1 aliphatic rings. The van der Waals surface area contributed by atoms with Crippen LogP contribution in [0.3, 0.4) is 0 Å². The Bertz CT molecular complexity index is 441. The molecule has 4 nitrogen and oxygen atoms in total. The molecule has 0 aromatic heterocycles. The van der Waals surface area contributed by atoms with E-state index in [1.54, 1.807) is 0 Å². The Morgan fingerprint density at radius 1 is 1.47 bits per heavy atom. The van der Waals surface area contributed by atoms with Gasteiger partial charge in [-0.3, -0.25) is 4.79 Å². The smallest absolute Gasteiger partial charge is 0.228 e. The normalized spacial score (nSPS) is 13.7. The molecule has 1 aromatic carbocycles. The number of fused-ring (bicyclic) bond motifs is 1. The zero-order chi connectivity index (χ0) is 12.4. The SMILES string of the molecule is CC(C)CCOc1cc2c(cc1N)CC(=O)N2. The number of carbonyl (C=O) groups is 1. The van der Waals surface area contributed by atoms with Crippen molar-refractivity contribution in [3.63, 3.8) is 0 Å². The molecule has 1 aromatic rings. The molecule has 0 aliphatic carbocycles. The molecule has 0 fully saturated rings. The molecule has 3 N–H and O–H groups in total. The Labute approximate surface area is 101 Å². The third kappa shape index (κ3) is 2.70. The van der Waals surface area contributed by atoms with Crippen LogP contribution in [0.1, 0.15) is 25.8 Å². The molecule has 4 heteroatoms. The third-order valence-electron chi connectivity index (χ3n) is 2.81. The van der Waals surface area contributed by atoms with Crippen LogP contribution in [0.5, 0.6) is 5.75 Å². The average Bonchev–Trinajstić information content (AvgIpc) is 2.57. The summed E-state index contributed by atoms with van der Waals surface area (Å²) >= 11 is 0. The first-order valence-electron chi connectivity index (χ1n) is 5.91. The maximum atomic E-state index is 11.2. The van der Waals surface area contributed by atoms with Crippen molar-refractivity contribution in [2.75, 3.05) is 17.7 Å². The van der Waals surface area contributed by atoms with Crippen molar-refractivity contribution in [1.29, 1.82) is 0 Å². The van der Waals surface area contributed by atoms with E-state index in [-0.39, 0.29) is 5.91 Å². The molecule has 17 heavy (non-hydrogen) atoms. The summed E-state index contributed by atoms with van der Waals surface area (Å²) in [6, 6.07) is 3.63. The fourth-order valence-electron chi connectivity index (χ4n) is 1.80. The molecular weight excluding hydrogens is 216 g/mol. The van der Waals surface area contributed by atoms with Crippen LogP contribution in [0.2, 0.25) is 0 Å². The molecule has 1 aliphatic heterocycles. The van der Waals surface area contributed by atoms with Crippen LogP contribution in [0.25, 0.3) is 0 Å². The minimum Gasteiger partial charge on any atom is -0.491 e. The molecule has 0 radical (unpaired) electrons. The molecule has 0 bridgehead atoms. The van der Waals surface area contributed by atoms with E-state index in [9.17, 15) is 4.79 Å². The van der Waals surface area contributed by atoms with Gasteiger partial charge in [0.2, 0.25) is 5.91 Å². The highest BCUT2D eigenvalue weighted by atomic mass is 16.5. The number of hydrogen-bond donors (Lipinski definition) is 2. The van der Waals surface area contributed by atoms with E-state index in [0.717, 1.165) is 17.7 Å². The lowest BCUT2D eigenvalue weighted by atomic mass is 10.1. The first kappa shape index (κ1) is 11.8. The van der Waals surface area contributed by atoms with E-state index in [4.69, 9.17) is 10.5 Å². The third-order valence-corrected chi connectivity index (χ3v) is 2.81. The molecule has 1 amide bonds. The van der Waals surface area contributed by atoms with Gasteiger partial charge in [0.05, 0.1) is 18.7 Å². The van der Waals surface area contributed by atoms with Gasteiger partial charge in [0.1, 0.15) is 5.75 Å². The highest BCUT2D eigenvalue weighted by molar-refractivity contribution is 6.00. The molecule has 0 atom stereocenters. The summed E-state index contributed by atoms with van der Waals surface area (Å²) in [6.07, 6.45) is 1.40. The van der Waals surface area contributed by atoms with Crippen molar-refractivity contribution in [3.8, 4) is 5.75 Å². The van der Waals surface area contributed by atoms with Crippen LogP contribution < -0.4 is 15.8 Å². The molecule has 1 heterocycles. The number of rotatable bonds is 4. The van der Waals surface area contributed by atoms with Crippen LogP contribution in [0.15, 0.2) is 12.1 Å². The molecule has 0 saturated heterocycles. The van der Waals surface area contributed by atoms with E-state index in [2.05, 4.69) is 19.2 Å². The fourth-order valence-corrected chi connectivity index (χ4v) is 1.80. The Morgan fingerprint density at radius 3 is 2.94 bits per heavy atom. The molecule has 0 unspecified atom stereocenters. The van der Waals surface area contributed by atoms with Gasteiger partial charge in [0.25, 0.3) is 0 Å². The summed E-state index contributed by atoms with van der Waals surface area (Å²) in [7, 11) is 0. The number of amides is 1. The summed E-state index contributed by atoms with van der Waals surface area (Å²) in [5.41, 5.74) is 8.26. The summed E-state index contributed by atoms with van der Waals surface area (Å²) < 4.78 is 5.63. The van der Waals surface area contributed by atoms with Gasteiger partial charge < -0.3 is 15.8 Å². The van der Waals surface area contributed by atoms with E-state index >= 15 is 0 Å². The van der Waals surface area contributed by atoms with Crippen LogP contribution in [-0.2, 0) is 11.2 Å². The van der Waals surface area contributed by atoms with Crippen molar-refractivity contribution >= 4 is 17.3 Å². The zero-order valence-corrected chi connectivity index (χ0v) is 10.2. The number of anilines is 2. The van der Waals surface area contributed by atoms with Gasteiger partial charge in [-0.2, -0.15) is 0 Å². The number of ether oxygens (including phenoxy) is 1. The van der Waals surface area contributed by atoms with Crippen LogP contribution in [0, 0.1) is 5.92 Å². The maximum absolute atomic E-state index is 11.2. The number of benzene rings is 1.